The Balaban J connectivity index is 2.70. The highest BCUT2D eigenvalue weighted by Crippen LogP contribution is 2.49. The molecule has 8 heteroatoms. The zero-order valence-corrected chi connectivity index (χ0v) is 18.9. The van der Waals surface area contributed by atoms with Crippen molar-refractivity contribution in [1.82, 2.24) is 10.6 Å². The first-order valence-electron chi connectivity index (χ1n) is 8.28. The van der Waals surface area contributed by atoms with Gasteiger partial charge in [-0.25, -0.2) is 9.18 Å². The van der Waals surface area contributed by atoms with Crippen LogP contribution >= 0.6 is 28.4 Å². The number of nitrogens with one attached hydrogen (secondary N) is 2. The molecule has 0 fully saturated rings. The number of rotatable bonds is 7. The number of carbonyl (C=O) groups excluding carboxylic acids is 2. The van der Waals surface area contributed by atoms with Gasteiger partial charge in [0.15, 0.2) is 0 Å². The Labute approximate surface area is 168 Å². The number of halogens is 2. The summed E-state index contributed by atoms with van der Waals surface area (Å²) in [6.45, 7) is 5.59. The van der Waals surface area contributed by atoms with E-state index in [1.807, 2.05) is 0 Å². The summed E-state index contributed by atoms with van der Waals surface area (Å²) in [5, 5.41) is 5.47. The van der Waals surface area contributed by atoms with Crippen LogP contribution in [0.2, 0.25) is 0 Å². The summed E-state index contributed by atoms with van der Waals surface area (Å²) in [6, 6.07) is 5.25. The van der Waals surface area contributed by atoms with E-state index in [4.69, 9.17) is 4.74 Å². The minimum Gasteiger partial charge on any atom is -0.444 e. The van der Waals surface area contributed by atoms with E-state index in [0.29, 0.717) is 6.42 Å². The standard InChI is InChI=1S/C18H28FIN2O3S/c1-18(2,3)25-17(24)22-15(10-11-26(4,5)20)16(23)21-12-13-6-8-14(19)9-7-13/h6-9,15H,10-12H2,1-5H3,(H,21,23)(H,22,24)/t15-/m0/s1. The van der Waals surface area contributed by atoms with E-state index in [1.54, 1.807) is 32.9 Å². The minimum atomic E-state index is -0.839. The van der Waals surface area contributed by atoms with Gasteiger partial charge in [-0.1, -0.05) is 12.1 Å². The van der Waals surface area contributed by atoms with Crippen molar-refractivity contribution in [1.29, 1.82) is 0 Å². The van der Waals surface area contributed by atoms with Gasteiger partial charge in [0.05, 0.1) is 0 Å². The van der Waals surface area contributed by atoms with Crippen molar-refractivity contribution in [3.05, 3.63) is 35.6 Å². The van der Waals surface area contributed by atoms with Crippen LogP contribution in [-0.4, -0.2) is 41.9 Å². The number of hydrogen-bond donors (Lipinski definition) is 2. The molecule has 1 aromatic carbocycles. The van der Waals surface area contributed by atoms with Gasteiger partial charge in [-0.3, -0.25) is 4.79 Å². The fourth-order valence-electron chi connectivity index (χ4n) is 2.03. The first-order chi connectivity index (χ1) is 11.9. The molecule has 0 saturated carbocycles. The average molecular weight is 498 g/mol. The lowest BCUT2D eigenvalue weighted by Crippen LogP contribution is -2.48. The molecule has 2 amide bonds. The average Bonchev–Trinajstić information content (AvgIpc) is 2.48. The van der Waals surface area contributed by atoms with Crippen LogP contribution in [0.15, 0.2) is 24.3 Å². The number of hydrogen-bond acceptors (Lipinski definition) is 3. The van der Waals surface area contributed by atoms with Crippen LogP contribution in [0.1, 0.15) is 32.8 Å². The number of ether oxygens (including phenoxy) is 1. The lowest BCUT2D eigenvalue weighted by Gasteiger charge is -2.27. The summed E-state index contributed by atoms with van der Waals surface area (Å²) in [7, 11) is -0.839. The second-order valence-electron chi connectivity index (χ2n) is 7.44. The van der Waals surface area contributed by atoms with Crippen LogP contribution in [-0.2, 0) is 16.1 Å². The summed E-state index contributed by atoms with van der Waals surface area (Å²) >= 11 is 2.40. The Bertz CT molecular complexity index is 612. The van der Waals surface area contributed by atoms with Gasteiger partial charge in [0.2, 0.25) is 5.91 Å². The van der Waals surface area contributed by atoms with E-state index in [-0.39, 0.29) is 18.3 Å². The Morgan fingerprint density at radius 2 is 1.81 bits per heavy atom. The first-order valence-corrected chi connectivity index (χ1v) is 13.4. The highest BCUT2D eigenvalue weighted by atomic mass is 127. The Morgan fingerprint density at radius 3 is 2.31 bits per heavy atom. The summed E-state index contributed by atoms with van der Waals surface area (Å²) < 4.78 is 18.2. The minimum absolute atomic E-state index is 0.270. The van der Waals surface area contributed by atoms with Crippen LogP contribution in [0.25, 0.3) is 0 Å². The molecular formula is C18H28FIN2O3S. The van der Waals surface area contributed by atoms with E-state index in [9.17, 15) is 14.0 Å². The molecule has 148 valence electrons. The number of carbonyl (C=O) groups is 2. The quantitative estimate of drug-likeness (QED) is 0.556. The summed E-state index contributed by atoms with van der Waals surface area (Å²) in [6.07, 6.45) is 4.21. The summed E-state index contributed by atoms with van der Waals surface area (Å²) in [5.41, 5.74) is 0.156. The van der Waals surface area contributed by atoms with Crippen molar-refractivity contribution in [2.45, 2.75) is 45.4 Å². The SMILES string of the molecule is CC(C)(C)OC(=O)N[C@@H](CCS(C)(C)I)C(=O)NCc1ccc(F)cc1. The van der Waals surface area contributed by atoms with Crippen LogP contribution < -0.4 is 10.6 Å². The molecule has 0 aliphatic carbocycles. The van der Waals surface area contributed by atoms with Crippen molar-refractivity contribution in [3.8, 4) is 0 Å². The molecule has 1 atom stereocenters. The third kappa shape index (κ3) is 10.2. The maximum Gasteiger partial charge on any atom is 0.408 e. The van der Waals surface area contributed by atoms with Gasteiger partial charge in [0.25, 0.3) is 0 Å². The molecule has 0 unspecified atom stereocenters. The smallest absolute Gasteiger partial charge is 0.408 e. The third-order valence-corrected chi connectivity index (χ3v) is 5.81. The topological polar surface area (TPSA) is 67.4 Å². The second-order valence-corrected chi connectivity index (χ2v) is 17.8. The molecule has 0 saturated heterocycles. The normalized spacial score (nSPS) is 13.7. The van der Waals surface area contributed by atoms with E-state index in [2.05, 4.69) is 44.4 Å². The van der Waals surface area contributed by atoms with Crippen molar-refractivity contribution in [2.24, 2.45) is 0 Å². The molecule has 0 radical (unpaired) electrons. The van der Waals surface area contributed by atoms with E-state index >= 15 is 0 Å². The summed E-state index contributed by atoms with van der Waals surface area (Å²) in [5.74, 6) is 0.231. The van der Waals surface area contributed by atoms with Crippen LogP contribution in [0.5, 0.6) is 0 Å². The Morgan fingerprint density at radius 1 is 1.23 bits per heavy atom. The fourth-order valence-corrected chi connectivity index (χ4v) is 3.59. The fraction of sp³-hybridized carbons (Fsp3) is 0.556. The molecule has 0 bridgehead atoms. The van der Waals surface area contributed by atoms with Crippen molar-refractivity contribution in [2.75, 3.05) is 18.3 Å². The molecule has 1 rings (SSSR count). The number of amides is 2. The first kappa shape index (κ1) is 23.0. The van der Waals surface area contributed by atoms with Crippen molar-refractivity contribution in [3.63, 3.8) is 0 Å². The zero-order chi connectivity index (χ0) is 20.0. The lowest BCUT2D eigenvalue weighted by atomic mass is 10.2. The molecule has 5 nitrogen and oxygen atoms in total. The third-order valence-electron chi connectivity index (χ3n) is 3.28. The largest absolute Gasteiger partial charge is 0.444 e. The highest BCUT2D eigenvalue weighted by Gasteiger charge is 2.25. The Hall–Kier alpha value is -1.03. The van der Waals surface area contributed by atoms with Gasteiger partial charge in [-0.15, -0.1) is 0 Å². The van der Waals surface area contributed by atoms with Crippen molar-refractivity contribution >= 4 is 40.4 Å². The van der Waals surface area contributed by atoms with Crippen molar-refractivity contribution < 1.29 is 18.7 Å². The van der Waals surface area contributed by atoms with E-state index in [1.165, 1.54) is 12.1 Å². The maximum absolute atomic E-state index is 13.0. The molecule has 0 aliphatic heterocycles. The number of benzene rings is 1. The van der Waals surface area contributed by atoms with E-state index in [0.717, 1.165) is 11.3 Å². The van der Waals surface area contributed by atoms with Gasteiger partial charge in [-0.2, -0.15) is 7.20 Å². The predicted octanol–water partition coefficient (Wildman–Crippen LogP) is 4.14. The van der Waals surface area contributed by atoms with Crippen LogP contribution in [0.3, 0.4) is 0 Å². The van der Waals surface area contributed by atoms with Gasteiger partial charge in [0, 0.05) is 6.54 Å². The van der Waals surface area contributed by atoms with Gasteiger partial charge in [-0.05, 0) is 84.4 Å². The molecule has 0 aromatic heterocycles. The monoisotopic (exact) mass is 498 g/mol. The van der Waals surface area contributed by atoms with Gasteiger partial charge < -0.3 is 15.4 Å². The van der Waals surface area contributed by atoms with Crippen LogP contribution in [0, 0.1) is 5.82 Å². The molecule has 0 spiro atoms. The van der Waals surface area contributed by atoms with Gasteiger partial charge >= 0.3 is 6.09 Å². The second kappa shape index (κ2) is 9.77. The molecule has 26 heavy (non-hydrogen) atoms. The zero-order valence-electron chi connectivity index (χ0n) is 15.9. The molecule has 0 heterocycles. The Kier molecular flexibility index (Phi) is 8.65. The molecule has 0 aliphatic rings. The van der Waals surface area contributed by atoms with Gasteiger partial charge in [0.1, 0.15) is 17.5 Å². The maximum atomic E-state index is 13.0. The predicted molar refractivity (Wildman–Crippen MR) is 114 cm³/mol. The summed E-state index contributed by atoms with van der Waals surface area (Å²) in [4.78, 5) is 24.6. The molecule has 2 N–H and O–H groups in total. The lowest BCUT2D eigenvalue weighted by molar-refractivity contribution is -0.123. The highest BCUT2D eigenvalue weighted by molar-refractivity contribution is 14.2. The van der Waals surface area contributed by atoms with E-state index < -0.39 is 24.9 Å². The number of alkyl carbamates (subject to hydrolysis) is 1. The molecule has 1 aromatic rings. The molecular weight excluding hydrogens is 470 g/mol. The van der Waals surface area contributed by atoms with Crippen LogP contribution in [0.4, 0.5) is 9.18 Å².